The van der Waals surface area contributed by atoms with E-state index in [-0.39, 0.29) is 24.0 Å². The normalized spacial score (nSPS) is 17.4. The summed E-state index contributed by atoms with van der Waals surface area (Å²) in [6, 6.07) is 9.09. The molecule has 4 rings (SSSR count). The molecule has 6 heteroatoms. The Labute approximate surface area is 166 Å². The minimum Gasteiger partial charge on any atom is -0.370 e. The number of nitrogens with one attached hydrogen (secondary N) is 1. The average molecular weight is 451 g/mol. The molecule has 0 spiro atoms. The number of hydrogen-bond acceptors (Lipinski definition) is 2. The summed E-state index contributed by atoms with van der Waals surface area (Å²) < 4.78 is 2.10. The highest BCUT2D eigenvalue weighted by atomic mass is 127. The Morgan fingerprint density at radius 2 is 1.96 bits per heavy atom. The summed E-state index contributed by atoms with van der Waals surface area (Å²) in [6.45, 7) is 0.517. The van der Waals surface area contributed by atoms with E-state index in [4.69, 9.17) is 5.73 Å². The highest BCUT2D eigenvalue weighted by Gasteiger charge is 2.17. The Kier molecular flexibility index (Phi) is 5.98. The smallest absolute Gasteiger partial charge is 0.193 e. The highest BCUT2D eigenvalue weighted by Crippen LogP contribution is 2.28. The first-order chi connectivity index (χ1) is 11.8. The molecule has 1 fully saturated rings. The zero-order valence-electron chi connectivity index (χ0n) is 14.4. The van der Waals surface area contributed by atoms with Crippen molar-refractivity contribution in [2.45, 2.75) is 57.5 Å². The number of guanidine groups is 1. The molecule has 25 heavy (non-hydrogen) atoms. The van der Waals surface area contributed by atoms with Gasteiger partial charge in [0.05, 0.1) is 18.3 Å². The molecule has 0 unspecified atom stereocenters. The molecule has 134 valence electrons. The molecule has 0 radical (unpaired) electrons. The molecular weight excluding hydrogens is 425 g/mol. The molecule has 1 aromatic heterocycles. The minimum atomic E-state index is 0. The van der Waals surface area contributed by atoms with Crippen molar-refractivity contribution in [3.63, 3.8) is 0 Å². The third-order valence-electron chi connectivity index (χ3n) is 5.14. The summed E-state index contributed by atoms with van der Waals surface area (Å²) in [5.41, 5.74) is 10.9. The molecule has 0 aliphatic heterocycles. The topological polar surface area (TPSA) is 68.2 Å². The summed E-state index contributed by atoms with van der Waals surface area (Å²) in [5, 5.41) is 7.84. The number of aliphatic imine (C=N–C) groups is 1. The first-order valence-electron chi connectivity index (χ1n) is 9.01. The van der Waals surface area contributed by atoms with Crippen molar-refractivity contribution in [2.24, 2.45) is 10.7 Å². The van der Waals surface area contributed by atoms with Crippen molar-refractivity contribution >= 4 is 35.6 Å². The maximum Gasteiger partial charge on any atom is 0.193 e. The number of rotatable bonds is 4. The maximum absolute atomic E-state index is 6.03. The molecule has 3 N–H and O–H groups in total. The third kappa shape index (κ3) is 4.34. The number of aromatic nitrogens is 2. The van der Waals surface area contributed by atoms with E-state index in [9.17, 15) is 0 Å². The van der Waals surface area contributed by atoms with Crippen LogP contribution in [0.15, 0.2) is 35.5 Å². The quantitative estimate of drug-likeness (QED) is 0.419. The zero-order valence-corrected chi connectivity index (χ0v) is 16.8. The Balaban J connectivity index is 0.00000182. The molecule has 1 heterocycles. The molecule has 1 saturated carbocycles. The molecule has 0 amide bonds. The molecular formula is C19H26IN5. The van der Waals surface area contributed by atoms with Crippen molar-refractivity contribution in [3.8, 4) is 0 Å². The van der Waals surface area contributed by atoms with Crippen molar-refractivity contribution in [2.75, 3.05) is 5.32 Å². The standard InChI is InChI=1S/C19H25N5.HI/c20-19(22-16-9-8-14-4-3-5-15(14)12-16)21-13-17-10-11-24(23-17)18-6-1-2-7-18;/h8-12,18H,1-7,13H2,(H3,20,21,22);1H. The molecule has 2 aromatic rings. The first kappa shape index (κ1) is 18.2. The number of aryl methyl sites for hydroxylation is 2. The van der Waals surface area contributed by atoms with Crippen LogP contribution in [0.5, 0.6) is 0 Å². The van der Waals surface area contributed by atoms with Gasteiger partial charge in [-0.15, -0.1) is 24.0 Å². The van der Waals surface area contributed by atoms with Crippen LogP contribution in [0.3, 0.4) is 0 Å². The van der Waals surface area contributed by atoms with Crippen molar-refractivity contribution in [1.29, 1.82) is 0 Å². The van der Waals surface area contributed by atoms with Gasteiger partial charge in [-0.05, 0) is 61.4 Å². The number of benzene rings is 1. The van der Waals surface area contributed by atoms with E-state index >= 15 is 0 Å². The predicted molar refractivity (Wildman–Crippen MR) is 113 cm³/mol. The van der Waals surface area contributed by atoms with Crippen LogP contribution >= 0.6 is 24.0 Å². The van der Waals surface area contributed by atoms with Gasteiger partial charge in [0.2, 0.25) is 0 Å². The van der Waals surface area contributed by atoms with E-state index in [1.165, 1.54) is 56.1 Å². The van der Waals surface area contributed by atoms with Gasteiger partial charge in [0.25, 0.3) is 0 Å². The van der Waals surface area contributed by atoms with Gasteiger partial charge in [0.1, 0.15) is 0 Å². The molecule has 0 atom stereocenters. The van der Waals surface area contributed by atoms with Crippen LogP contribution in [0.1, 0.15) is 55.0 Å². The summed E-state index contributed by atoms with van der Waals surface area (Å²) in [4.78, 5) is 4.43. The van der Waals surface area contributed by atoms with Gasteiger partial charge < -0.3 is 11.1 Å². The van der Waals surface area contributed by atoms with Crippen molar-refractivity contribution < 1.29 is 0 Å². The van der Waals surface area contributed by atoms with E-state index in [0.717, 1.165) is 11.4 Å². The Bertz CT molecular complexity index is 746. The highest BCUT2D eigenvalue weighted by molar-refractivity contribution is 14.0. The van der Waals surface area contributed by atoms with Gasteiger partial charge in [0, 0.05) is 11.9 Å². The fourth-order valence-electron chi connectivity index (χ4n) is 3.84. The summed E-state index contributed by atoms with van der Waals surface area (Å²) >= 11 is 0. The van der Waals surface area contributed by atoms with Gasteiger partial charge in [-0.3, -0.25) is 4.68 Å². The van der Waals surface area contributed by atoms with Crippen LogP contribution in [0.2, 0.25) is 0 Å². The lowest BCUT2D eigenvalue weighted by molar-refractivity contribution is 0.463. The van der Waals surface area contributed by atoms with E-state index in [1.807, 2.05) is 6.07 Å². The zero-order chi connectivity index (χ0) is 16.4. The number of halogens is 1. The Morgan fingerprint density at radius 3 is 2.80 bits per heavy atom. The van der Waals surface area contributed by atoms with Crippen LogP contribution in [-0.4, -0.2) is 15.7 Å². The van der Waals surface area contributed by atoms with Gasteiger partial charge in [-0.25, -0.2) is 4.99 Å². The van der Waals surface area contributed by atoms with Crippen LogP contribution in [0.25, 0.3) is 0 Å². The molecule has 0 bridgehead atoms. The number of anilines is 1. The monoisotopic (exact) mass is 451 g/mol. The Morgan fingerprint density at radius 1 is 1.16 bits per heavy atom. The second-order valence-corrected chi connectivity index (χ2v) is 6.89. The summed E-state index contributed by atoms with van der Waals surface area (Å²) in [7, 11) is 0. The van der Waals surface area contributed by atoms with E-state index in [2.05, 4.69) is 44.5 Å². The van der Waals surface area contributed by atoms with Gasteiger partial charge >= 0.3 is 0 Å². The predicted octanol–water partition coefficient (Wildman–Crippen LogP) is 4.03. The van der Waals surface area contributed by atoms with Gasteiger partial charge in [-0.1, -0.05) is 18.9 Å². The molecule has 1 aromatic carbocycles. The lowest BCUT2D eigenvalue weighted by atomic mass is 10.1. The SMILES string of the molecule is I.NC(=NCc1ccn(C2CCCC2)n1)Nc1ccc2c(c1)CCC2. The summed E-state index contributed by atoms with van der Waals surface area (Å²) in [5.74, 6) is 0.448. The van der Waals surface area contributed by atoms with Crippen molar-refractivity contribution in [3.05, 3.63) is 47.3 Å². The lowest BCUT2D eigenvalue weighted by Crippen LogP contribution is -2.22. The maximum atomic E-state index is 6.03. The van der Waals surface area contributed by atoms with E-state index < -0.39 is 0 Å². The van der Waals surface area contributed by atoms with Gasteiger partial charge in [0.15, 0.2) is 5.96 Å². The van der Waals surface area contributed by atoms with E-state index in [0.29, 0.717) is 18.5 Å². The molecule has 2 aliphatic rings. The minimum absolute atomic E-state index is 0. The van der Waals surface area contributed by atoms with Crippen LogP contribution < -0.4 is 11.1 Å². The van der Waals surface area contributed by atoms with Crippen LogP contribution in [-0.2, 0) is 19.4 Å². The second kappa shape index (κ2) is 8.21. The fraction of sp³-hybridized carbons (Fsp3) is 0.474. The number of hydrogen-bond donors (Lipinski definition) is 2. The average Bonchev–Trinajstić information content (AvgIpc) is 3.32. The molecule has 0 saturated heterocycles. The van der Waals surface area contributed by atoms with Gasteiger partial charge in [-0.2, -0.15) is 5.10 Å². The molecule has 2 aliphatic carbocycles. The summed E-state index contributed by atoms with van der Waals surface area (Å²) in [6.07, 6.45) is 10.8. The fourth-order valence-corrected chi connectivity index (χ4v) is 3.84. The first-order valence-corrected chi connectivity index (χ1v) is 9.01. The Hall–Kier alpha value is -1.57. The van der Waals surface area contributed by atoms with Crippen LogP contribution in [0.4, 0.5) is 5.69 Å². The number of nitrogens with two attached hydrogens (primary N) is 1. The molecule has 5 nitrogen and oxygen atoms in total. The second-order valence-electron chi connectivity index (χ2n) is 6.89. The largest absolute Gasteiger partial charge is 0.370 e. The third-order valence-corrected chi connectivity index (χ3v) is 5.14. The number of nitrogens with zero attached hydrogens (tertiary/aromatic N) is 3. The van der Waals surface area contributed by atoms with Crippen LogP contribution in [0, 0.1) is 0 Å². The van der Waals surface area contributed by atoms with E-state index in [1.54, 1.807) is 0 Å². The number of fused-ring (bicyclic) bond motifs is 1. The van der Waals surface area contributed by atoms with Crippen molar-refractivity contribution in [1.82, 2.24) is 9.78 Å². The lowest BCUT2D eigenvalue weighted by Gasteiger charge is -2.09.